The van der Waals surface area contributed by atoms with Crippen molar-refractivity contribution >= 4 is 11.2 Å². The molecule has 0 unspecified atom stereocenters. The Hall–Kier alpha value is -2.24. The van der Waals surface area contributed by atoms with E-state index in [0.717, 1.165) is 42.2 Å². The molecule has 0 atom stereocenters. The van der Waals surface area contributed by atoms with Crippen LogP contribution < -0.4 is 5.32 Å². The van der Waals surface area contributed by atoms with Crippen molar-refractivity contribution in [3.63, 3.8) is 0 Å². The maximum Gasteiger partial charge on any atom is 0.178 e. The van der Waals surface area contributed by atoms with Crippen molar-refractivity contribution in [2.75, 3.05) is 26.2 Å². The van der Waals surface area contributed by atoms with Gasteiger partial charge in [0.05, 0.1) is 5.52 Å². The van der Waals surface area contributed by atoms with E-state index in [1.54, 1.807) is 6.20 Å². The normalized spacial score (nSPS) is 15.7. The lowest BCUT2D eigenvalue weighted by Gasteiger charge is -2.26. The lowest BCUT2D eigenvalue weighted by Crippen LogP contribution is -2.35. The first kappa shape index (κ1) is 16.2. The third kappa shape index (κ3) is 3.89. The SMILES string of the molecule is c1ccc(-c2nc3ncccc3[nH]2)c(CNCCN2CCCCC2)c1. The summed E-state index contributed by atoms with van der Waals surface area (Å²) in [4.78, 5) is 14.9. The summed E-state index contributed by atoms with van der Waals surface area (Å²) in [5.74, 6) is 0.891. The van der Waals surface area contributed by atoms with Crippen molar-refractivity contribution in [2.24, 2.45) is 0 Å². The van der Waals surface area contributed by atoms with Gasteiger partial charge in [0.1, 0.15) is 5.82 Å². The Morgan fingerprint density at radius 2 is 1.92 bits per heavy atom. The predicted molar refractivity (Wildman–Crippen MR) is 101 cm³/mol. The van der Waals surface area contributed by atoms with Gasteiger partial charge in [0, 0.05) is 31.4 Å². The molecule has 5 heteroatoms. The van der Waals surface area contributed by atoms with Gasteiger partial charge in [-0.05, 0) is 43.6 Å². The number of benzene rings is 1. The van der Waals surface area contributed by atoms with Crippen LogP contribution in [0.4, 0.5) is 0 Å². The van der Waals surface area contributed by atoms with E-state index in [4.69, 9.17) is 0 Å². The number of nitrogens with zero attached hydrogens (tertiary/aromatic N) is 3. The van der Waals surface area contributed by atoms with E-state index in [-0.39, 0.29) is 0 Å². The smallest absolute Gasteiger partial charge is 0.178 e. The zero-order valence-electron chi connectivity index (χ0n) is 14.5. The molecule has 4 rings (SSSR count). The second kappa shape index (κ2) is 7.76. The second-order valence-corrected chi connectivity index (χ2v) is 6.70. The number of H-pyrrole nitrogens is 1. The molecule has 5 nitrogen and oxygen atoms in total. The van der Waals surface area contributed by atoms with Crippen LogP contribution in [0.3, 0.4) is 0 Å². The van der Waals surface area contributed by atoms with Crippen LogP contribution in [0.15, 0.2) is 42.6 Å². The van der Waals surface area contributed by atoms with E-state index in [0.29, 0.717) is 0 Å². The first-order valence-corrected chi connectivity index (χ1v) is 9.22. The molecule has 0 bridgehead atoms. The molecule has 0 saturated carbocycles. The summed E-state index contributed by atoms with van der Waals surface area (Å²) in [6.45, 7) is 5.52. The van der Waals surface area contributed by atoms with E-state index in [1.807, 2.05) is 12.1 Å². The zero-order valence-corrected chi connectivity index (χ0v) is 14.5. The van der Waals surface area contributed by atoms with E-state index in [9.17, 15) is 0 Å². The number of aromatic amines is 1. The van der Waals surface area contributed by atoms with Crippen molar-refractivity contribution in [3.05, 3.63) is 48.2 Å². The molecule has 2 N–H and O–H groups in total. The Labute approximate surface area is 148 Å². The first-order valence-electron chi connectivity index (χ1n) is 9.22. The van der Waals surface area contributed by atoms with E-state index >= 15 is 0 Å². The number of imidazole rings is 1. The molecule has 1 saturated heterocycles. The molecule has 0 amide bonds. The van der Waals surface area contributed by atoms with Gasteiger partial charge in [0.25, 0.3) is 0 Å². The lowest BCUT2D eigenvalue weighted by atomic mass is 10.1. The van der Waals surface area contributed by atoms with Gasteiger partial charge in [-0.1, -0.05) is 30.7 Å². The average Bonchev–Trinajstić information content (AvgIpc) is 3.10. The van der Waals surface area contributed by atoms with Crippen LogP contribution >= 0.6 is 0 Å². The Morgan fingerprint density at radius 1 is 1.04 bits per heavy atom. The molecule has 1 aliphatic rings. The predicted octanol–water partition coefficient (Wildman–Crippen LogP) is 3.20. The van der Waals surface area contributed by atoms with Crippen molar-refractivity contribution in [2.45, 2.75) is 25.8 Å². The molecule has 0 spiro atoms. The number of hydrogen-bond donors (Lipinski definition) is 2. The van der Waals surface area contributed by atoms with Crippen LogP contribution in [0.1, 0.15) is 24.8 Å². The minimum atomic E-state index is 0.769. The lowest BCUT2D eigenvalue weighted by molar-refractivity contribution is 0.229. The number of piperidine rings is 1. The summed E-state index contributed by atoms with van der Waals surface area (Å²) in [6.07, 6.45) is 5.87. The fraction of sp³-hybridized carbons (Fsp3) is 0.400. The second-order valence-electron chi connectivity index (χ2n) is 6.70. The number of hydrogen-bond acceptors (Lipinski definition) is 4. The van der Waals surface area contributed by atoms with Crippen LogP contribution in [0.25, 0.3) is 22.6 Å². The Morgan fingerprint density at radius 3 is 2.80 bits per heavy atom. The highest BCUT2D eigenvalue weighted by Gasteiger charge is 2.11. The summed E-state index contributed by atoms with van der Waals surface area (Å²) in [5.41, 5.74) is 4.15. The number of nitrogens with one attached hydrogen (secondary N) is 2. The fourth-order valence-electron chi connectivity index (χ4n) is 3.52. The summed E-state index contributed by atoms with van der Waals surface area (Å²) in [5, 5.41) is 3.59. The van der Waals surface area contributed by atoms with Gasteiger partial charge in [-0.2, -0.15) is 0 Å². The summed E-state index contributed by atoms with van der Waals surface area (Å²) in [7, 11) is 0. The molecule has 0 aliphatic carbocycles. The minimum Gasteiger partial charge on any atom is -0.337 e. The minimum absolute atomic E-state index is 0.769. The van der Waals surface area contributed by atoms with E-state index in [1.165, 1.54) is 37.9 Å². The van der Waals surface area contributed by atoms with Gasteiger partial charge < -0.3 is 15.2 Å². The van der Waals surface area contributed by atoms with Gasteiger partial charge >= 0.3 is 0 Å². The molecular formula is C20H25N5. The van der Waals surface area contributed by atoms with Crippen LogP contribution in [0.5, 0.6) is 0 Å². The van der Waals surface area contributed by atoms with Crippen molar-refractivity contribution in [1.29, 1.82) is 0 Å². The summed E-state index contributed by atoms with van der Waals surface area (Å²) < 4.78 is 0. The van der Waals surface area contributed by atoms with Crippen LogP contribution in [-0.2, 0) is 6.54 Å². The standard InChI is InChI=1S/C20H25N5/c1-4-12-25(13-5-1)14-11-21-15-16-7-2-3-8-17(16)19-23-18-9-6-10-22-20(18)24-19/h2-3,6-10,21H,1,4-5,11-15H2,(H,22,23,24). The molecule has 25 heavy (non-hydrogen) atoms. The van der Waals surface area contributed by atoms with Gasteiger partial charge in [-0.3, -0.25) is 0 Å². The summed E-state index contributed by atoms with van der Waals surface area (Å²) in [6, 6.07) is 12.4. The fourth-order valence-corrected chi connectivity index (χ4v) is 3.52. The van der Waals surface area contributed by atoms with Crippen molar-refractivity contribution < 1.29 is 0 Å². The molecule has 2 aromatic heterocycles. The Kier molecular flexibility index (Phi) is 5.04. The monoisotopic (exact) mass is 335 g/mol. The first-order chi connectivity index (χ1) is 12.4. The number of likely N-dealkylation sites (tertiary alicyclic amines) is 1. The third-order valence-electron chi connectivity index (χ3n) is 4.90. The maximum absolute atomic E-state index is 4.64. The molecule has 3 aromatic rings. The molecule has 1 fully saturated rings. The Balaban J connectivity index is 1.42. The molecule has 1 aliphatic heterocycles. The highest BCUT2D eigenvalue weighted by Crippen LogP contribution is 2.23. The maximum atomic E-state index is 4.64. The quantitative estimate of drug-likeness (QED) is 0.679. The largest absolute Gasteiger partial charge is 0.337 e. The van der Waals surface area contributed by atoms with E-state index < -0.39 is 0 Å². The third-order valence-corrected chi connectivity index (χ3v) is 4.90. The van der Waals surface area contributed by atoms with Gasteiger partial charge in [-0.15, -0.1) is 0 Å². The van der Waals surface area contributed by atoms with Crippen LogP contribution in [0.2, 0.25) is 0 Å². The zero-order chi connectivity index (χ0) is 16.9. The van der Waals surface area contributed by atoms with Gasteiger partial charge in [0.15, 0.2) is 5.65 Å². The van der Waals surface area contributed by atoms with Crippen molar-refractivity contribution in [3.8, 4) is 11.4 Å². The molecule has 130 valence electrons. The Bertz CT molecular complexity index is 787. The number of aromatic nitrogens is 3. The van der Waals surface area contributed by atoms with Gasteiger partial charge in [-0.25, -0.2) is 9.97 Å². The molecule has 1 aromatic carbocycles. The van der Waals surface area contributed by atoms with Crippen LogP contribution in [0, 0.1) is 0 Å². The molecule has 0 radical (unpaired) electrons. The number of pyridine rings is 1. The summed E-state index contributed by atoms with van der Waals surface area (Å²) >= 11 is 0. The molecule has 3 heterocycles. The average molecular weight is 335 g/mol. The highest BCUT2D eigenvalue weighted by molar-refractivity contribution is 5.76. The number of fused-ring (bicyclic) bond motifs is 1. The molecular weight excluding hydrogens is 310 g/mol. The van der Waals surface area contributed by atoms with Gasteiger partial charge in [0.2, 0.25) is 0 Å². The van der Waals surface area contributed by atoms with Crippen molar-refractivity contribution in [1.82, 2.24) is 25.2 Å². The van der Waals surface area contributed by atoms with E-state index in [2.05, 4.69) is 49.4 Å². The van der Waals surface area contributed by atoms with Crippen LogP contribution in [-0.4, -0.2) is 46.0 Å². The topological polar surface area (TPSA) is 56.8 Å². The number of rotatable bonds is 6. The highest BCUT2D eigenvalue weighted by atomic mass is 15.1.